The lowest BCUT2D eigenvalue weighted by molar-refractivity contribution is -0.149. The normalized spacial score (nSPS) is 25.8. The van der Waals surface area contributed by atoms with Crippen molar-refractivity contribution in [3.63, 3.8) is 0 Å². The summed E-state index contributed by atoms with van der Waals surface area (Å²) in [7, 11) is 0. The molecular formula is C31H48FN3O2. The minimum atomic E-state index is -0.373. The summed E-state index contributed by atoms with van der Waals surface area (Å²) in [6.45, 7) is 13.6. The van der Waals surface area contributed by atoms with E-state index < -0.39 is 0 Å². The van der Waals surface area contributed by atoms with Crippen molar-refractivity contribution in [3.05, 3.63) is 35.6 Å². The molecular weight excluding hydrogens is 465 g/mol. The largest absolute Gasteiger partial charge is 0.351 e. The van der Waals surface area contributed by atoms with E-state index >= 15 is 0 Å². The molecule has 4 rings (SSSR count). The molecule has 0 radical (unpaired) electrons. The molecule has 6 heteroatoms. The summed E-state index contributed by atoms with van der Waals surface area (Å²) in [5.41, 5.74) is 0.406. The number of benzene rings is 1. The van der Waals surface area contributed by atoms with Gasteiger partial charge < -0.3 is 15.1 Å². The molecule has 206 valence electrons. The maximum absolute atomic E-state index is 14.0. The van der Waals surface area contributed by atoms with E-state index in [0.717, 1.165) is 50.8 Å². The minimum Gasteiger partial charge on any atom is -0.351 e. The van der Waals surface area contributed by atoms with Gasteiger partial charge in [-0.25, -0.2) is 4.39 Å². The number of carbonyl (C=O) groups excluding carboxylic acids is 2. The van der Waals surface area contributed by atoms with Gasteiger partial charge in [-0.1, -0.05) is 31.4 Å². The molecule has 2 amide bonds. The highest BCUT2D eigenvalue weighted by Crippen LogP contribution is 2.47. The molecule has 1 unspecified atom stereocenters. The maximum Gasteiger partial charge on any atom is 0.227 e. The first-order valence-corrected chi connectivity index (χ1v) is 14.6. The molecule has 37 heavy (non-hydrogen) atoms. The summed E-state index contributed by atoms with van der Waals surface area (Å²) < 4.78 is 13.7. The van der Waals surface area contributed by atoms with Crippen molar-refractivity contribution in [2.45, 2.75) is 103 Å². The zero-order valence-corrected chi connectivity index (χ0v) is 23.7. The van der Waals surface area contributed by atoms with Crippen molar-refractivity contribution in [1.82, 2.24) is 15.1 Å². The molecule has 3 aliphatic rings. The Morgan fingerprint density at radius 1 is 0.973 bits per heavy atom. The number of piperidine rings is 2. The van der Waals surface area contributed by atoms with Crippen LogP contribution < -0.4 is 5.32 Å². The van der Waals surface area contributed by atoms with Gasteiger partial charge in [0.15, 0.2) is 0 Å². The van der Waals surface area contributed by atoms with Crippen LogP contribution in [0, 0.1) is 23.1 Å². The van der Waals surface area contributed by atoms with Crippen molar-refractivity contribution < 1.29 is 14.0 Å². The van der Waals surface area contributed by atoms with E-state index in [9.17, 15) is 14.0 Å². The summed E-state index contributed by atoms with van der Waals surface area (Å²) in [6.07, 6.45) is 8.20. The molecule has 2 saturated heterocycles. The molecule has 0 bridgehead atoms. The number of nitrogens with zero attached hydrogens (tertiary/aromatic N) is 2. The van der Waals surface area contributed by atoms with Gasteiger partial charge in [0.05, 0.1) is 5.41 Å². The first-order chi connectivity index (χ1) is 17.5. The predicted molar refractivity (Wildman–Crippen MR) is 147 cm³/mol. The fourth-order valence-corrected chi connectivity index (χ4v) is 7.09. The number of nitrogens with one attached hydrogen (secondary N) is 1. The molecule has 1 N–H and O–H groups in total. The first kappa shape index (κ1) is 28.1. The number of amides is 2. The van der Waals surface area contributed by atoms with E-state index in [-0.39, 0.29) is 40.4 Å². The monoisotopic (exact) mass is 513 g/mol. The van der Waals surface area contributed by atoms with Crippen LogP contribution in [0.25, 0.3) is 0 Å². The van der Waals surface area contributed by atoms with Gasteiger partial charge in [-0.3, -0.25) is 9.59 Å². The lowest BCUT2D eigenvalue weighted by atomic mass is 9.63. The van der Waals surface area contributed by atoms with Crippen molar-refractivity contribution in [3.8, 4) is 0 Å². The molecule has 2 atom stereocenters. The van der Waals surface area contributed by atoms with Gasteiger partial charge in [-0.05, 0) is 96.9 Å². The standard InChI is InChI=1S/C31H48FN3O2/c1-22(2)35-18-15-26(27(21-35)23-11-13-25(32)14-12-23)28(36)34-19-16-31(17-20-34,24-9-7-6-8-10-24)29(37)33-30(3,4)5/h11-14,22,24,26-27H,6-10,15-21H2,1-5H3,(H,33,37)/t26?,27-/m0/s1. The molecule has 1 aromatic carbocycles. The summed E-state index contributed by atoms with van der Waals surface area (Å²) in [5.74, 6) is 0.512. The number of hydrogen-bond donors (Lipinski definition) is 1. The smallest absolute Gasteiger partial charge is 0.227 e. The third-order valence-corrected chi connectivity index (χ3v) is 9.28. The highest BCUT2D eigenvalue weighted by molar-refractivity contribution is 5.85. The maximum atomic E-state index is 14.0. The molecule has 1 saturated carbocycles. The van der Waals surface area contributed by atoms with Gasteiger partial charge in [0.25, 0.3) is 0 Å². The average molecular weight is 514 g/mol. The second-order valence-corrected chi connectivity index (χ2v) is 13.2. The van der Waals surface area contributed by atoms with Crippen LogP contribution in [0.15, 0.2) is 24.3 Å². The average Bonchev–Trinajstić information content (AvgIpc) is 2.88. The van der Waals surface area contributed by atoms with E-state index in [4.69, 9.17) is 0 Å². The summed E-state index contributed by atoms with van der Waals surface area (Å²) in [4.78, 5) is 32.2. The van der Waals surface area contributed by atoms with Crippen LogP contribution in [0.4, 0.5) is 4.39 Å². The number of likely N-dealkylation sites (tertiary alicyclic amines) is 2. The van der Waals surface area contributed by atoms with Gasteiger partial charge in [-0.15, -0.1) is 0 Å². The molecule has 3 fully saturated rings. The lowest BCUT2D eigenvalue weighted by Gasteiger charge is -2.49. The zero-order valence-electron chi connectivity index (χ0n) is 23.7. The third kappa shape index (κ3) is 6.38. The Kier molecular flexibility index (Phi) is 8.67. The van der Waals surface area contributed by atoms with Crippen LogP contribution >= 0.6 is 0 Å². The zero-order chi connectivity index (χ0) is 26.8. The number of halogens is 1. The Labute approximate surface area is 223 Å². The Morgan fingerprint density at radius 2 is 1.59 bits per heavy atom. The van der Waals surface area contributed by atoms with E-state index in [0.29, 0.717) is 25.0 Å². The third-order valence-electron chi connectivity index (χ3n) is 9.28. The highest BCUT2D eigenvalue weighted by atomic mass is 19.1. The lowest BCUT2D eigenvalue weighted by Crippen LogP contribution is -2.58. The van der Waals surface area contributed by atoms with Gasteiger partial charge in [0.1, 0.15) is 5.82 Å². The van der Waals surface area contributed by atoms with Crippen molar-refractivity contribution in [1.29, 1.82) is 0 Å². The van der Waals surface area contributed by atoms with E-state index in [1.54, 1.807) is 0 Å². The Morgan fingerprint density at radius 3 is 2.16 bits per heavy atom. The van der Waals surface area contributed by atoms with Crippen LogP contribution in [0.2, 0.25) is 0 Å². The quantitative estimate of drug-likeness (QED) is 0.546. The van der Waals surface area contributed by atoms with Crippen LogP contribution in [0.5, 0.6) is 0 Å². The number of carbonyl (C=O) groups is 2. The van der Waals surface area contributed by atoms with Crippen LogP contribution in [-0.2, 0) is 9.59 Å². The molecule has 2 heterocycles. The topological polar surface area (TPSA) is 52.7 Å². The van der Waals surface area contributed by atoms with E-state index in [2.05, 4.69) is 44.8 Å². The van der Waals surface area contributed by atoms with Gasteiger partial charge in [0.2, 0.25) is 11.8 Å². The van der Waals surface area contributed by atoms with E-state index in [1.807, 2.05) is 17.0 Å². The number of hydrogen-bond acceptors (Lipinski definition) is 3. The summed E-state index contributed by atoms with van der Waals surface area (Å²) in [5, 5.41) is 3.30. The fraction of sp³-hybridized carbons (Fsp3) is 0.742. The molecule has 0 aromatic heterocycles. The summed E-state index contributed by atoms with van der Waals surface area (Å²) >= 11 is 0. The van der Waals surface area contributed by atoms with Crippen LogP contribution in [-0.4, -0.2) is 59.4 Å². The van der Waals surface area contributed by atoms with Crippen LogP contribution in [0.1, 0.15) is 97.5 Å². The van der Waals surface area contributed by atoms with Gasteiger partial charge >= 0.3 is 0 Å². The molecule has 1 aromatic rings. The van der Waals surface area contributed by atoms with Gasteiger partial charge in [-0.2, -0.15) is 0 Å². The van der Waals surface area contributed by atoms with E-state index in [1.165, 1.54) is 31.4 Å². The van der Waals surface area contributed by atoms with Gasteiger partial charge in [0, 0.05) is 43.1 Å². The second-order valence-electron chi connectivity index (χ2n) is 13.2. The van der Waals surface area contributed by atoms with Crippen molar-refractivity contribution in [2.24, 2.45) is 17.3 Å². The predicted octanol–water partition coefficient (Wildman–Crippen LogP) is 5.74. The Hall–Kier alpha value is -1.95. The fourth-order valence-electron chi connectivity index (χ4n) is 7.09. The highest BCUT2D eigenvalue weighted by Gasteiger charge is 2.49. The molecule has 5 nitrogen and oxygen atoms in total. The van der Waals surface area contributed by atoms with Crippen molar-refractivity contribution in [2.75, 3.05) is 26.2 Å². The minimum absolute atomic E-state index is 0.0541. The molecule has 1 aliphatic carbocycles. The Bertz CT molecular complexity index is 925. The van der Waals surface area contributed by atoms with Crippen molar-refractivity contribution >= 4 is 11.8 Å². The summed E-state index contributed by atoms with van der Waals surface area (Å²) in [6, 6.07) is 7.14. The Balaban J connectivity index is 1.51. The SMILES string of the molecule is CC(C)N1CCC(C(=O)N2CCC(C(=O)NC(C)(C)C)(C3CCCCC3)CC2)[C@H](c2ccc(F)cc2)C1. The second kappa shape index (κ2) is 11.4. The number of rotatable bonds is 5. The first-order valence-electron chi connectivity index (χ1n) is 14.6. The van der Waals surface area contributed by atoms with Crippen LogP contribution in [0.3, 0.4) is 0 Å². The molecule has 0 spiro atoms. The molecule has 2 aliphatic heterocycles.